The average Bonchev–Trinajstić information content (AvgIpc) is 3.53. The number of amides is 1. The minimum absolute atomic E-state index is 0.143. The first kappa shape index (κ1) is 20.4. The van der Waals surface area contributed by atoms with Crippen molar-refractivity contribution in [2.24, 2.45) is 5.92 Å². The number of imidazole rings is 1. The van der Waals surface area contributed by atoms with Crippen LogP contribution in [0.2, 0.25) is 0 Å². The Morgan fingerprint density at radius 3 is 2.94 bits per heavy atom. The lowest BCUT2D eigenvalue weighted by Gasteiger charge is -2.21. The molecule has 1 fully saturated rings. The smallest absolute Gasteiger partial charge is 0.223 e. The molecule has 32 heavy (non-hydrogen) atoms. The molecule has 2 aromatic carbocycles. The van der Waals surface area contributed by atoms with E-state index in [0.717, 1.165) is 47.2 Å². The van der Waals surface area contributed by atoms with E-state index >= 15 is 0 Å². The molecule has 0 spiro atoms. The number of fused-ring (bicyclic) bond motifs is 1. The Labute approximate surface area is 186 Å². The highest BCUT2D eigenvalue weighted by molar-refractivity contribution is 5.82. The molecule has 0 saturated carbocycles. The van der Waals surface area contributed by atoms with E-state index in [-0.39, 0.29) is 17.8 Å². The van der Waals surface area contributed by atoms with E-state index < -0.39 is 0 Å². The fraction of sp³-hybridized carbons (Fsp3) is 0.320. The summed E-state index contributed by atoms with van der Waals surface area (Å²) in [5.41, 5.74) is 5.04. The number of benzene rings is 2. The van der Waals surface area contributed by atoms with Gasteiger partial charge in [0.05, 0.1) is 23.6 Å². The number of carbonyl (C=O) groups is 1. The first-order valence-electron chi connectivity index (χ1n) is 11.0. The van der Waals surface area contributed by atoms with Crippen molar-refractivity contribution in [3.63, 3.8) is 0 Å². The monoisotopic (exact) mass is 431 g/mol. The van der Waals surface area contributed by atoms with Gasteiger partial charge in [-0.2, -0.15) is 5.10 Å². The van der Waals surface area contributed by atoms with Gasteiger partial charge in [-0.15, -0.1) is 0 Å². The van der Waals surface area contributed by atoms with E-state index in [1.165, 1.54) is 12.1 Å². The number of H-pyrrole nitrogens is 1. The molecule has 4 aromatic rings. The molecule has 3 heterocycles. The molecular weight excluding hydrogens is 405 g/mol. The van der Waals surface area contributed by atoms with Gasteiger partial charge in [0.1, 0.15) is 5.82 Å². The number of carbonyl (C=O) groups excluding carboxylic acids is 1. The Hall–Kier alpha value is -3.48. The topological polar surface area (TPSA) is 66.8 Å². The molecule has 1 aliphatic heterocycles. The average molecular weight is 432 g/mol. The summed E-state index contributed by atoms with van der Waals surface area (Å²) < 4.78 is 15.6. The maximum Gasteiger partial charge on any atom is 0.223 e. The molecule has 2 aromatic heterocycles. The first-order valence-corrected chi connectivity index (χ1v) is 11.0. The van der Waals surface area contributed by atoms with Crippen molar-refractivity contribution in [1.29, 1.82) is 0 Å². The number of aromatic nitrogens is 4. The van der Waals surface area contributed by atoms with Gasteiger partial charge in [0.15, 0.2) is 0 Å². The summed E-state index contributed by atoms with van der Waals surface area (Å²) in [7, 11) is 0. The van der Waals surface area contributed by atoms with Gasteiger partial charge in [-0.25, -0.2) is 9.37 Å². The maximum absolute atomic E-state index is 13.4. The molecule has 1 saturated heterocycles. The van der Waals surface area contributed by atoms with Crippen LogP contribution in [0.1, 0.15) is 25.3 Å². The van der Waals surface area contributed by atoms with E-state index in [4.69, 9.17) is 0 Å². The second-order valence-corrected chi connectivity index (χ2v) is 8.71. The summed E-state index contributed by atoms with van der Waals surface area (Å²) in [6.07, 6.45) is 7.51. The third-order valence-corrected chi connectivity index (χ3v) is 6.41. The Balaban J connectivity index is 1.23. The van der Waals surface area contributed by atoms with Gasteiger partial charge in [0.25, 0.3) is 0 Å². The van der Waals surface area contributed by atoms with Gasteiger partial charge in [-0.1, -0.05) is 18.2 Å². The summed E-state index contributed by atoms with van der Waals surface area (Å²) >= 11 is 0. The molecule has 1 amide bonds. The predicted octanol–water partition coefficient (Wildman–Crippen LogP) is 4.44. The van der Waals surface area contributed by atoms with Crippen molar-refractivity contribution in [3.8, 4) is 11.1 Å². The lowest BCUT2D eigenvalue weighted by Crippen LogP contribution is -2.34. The second kappa shape index (κ2) is 8.57. The van der Waals surface area contributed by atoms with Crippen molar-refractivity contribution >= 4 is 16.9 Å². The molecule has 164 valence electrons. The molecule has 2 atom stereocenters. The van der Waals surface area contributed by atoms with Gasteiger partial charge in [-0.3, -0.25) is 9.89 Å². The van der Waals surface area contributed by atoms with Gasteiger partial charge in [0, 0.05) is 37.3 Å². The first-order chi connectivity index (χ1) is 15.6. The fourth-order valence-electron chi connectivity index (χ4n) is 4.79. The number of nitrogens with zero attached hydrogens (tertiary/aromatic N) is 4. The van der Waals surface area contributed by atoms with Gasteiger partial charge in [-0.05, 0) is 61.1 Å². The minimum Gasteiger partial charge on any atom is -0.340 e. The number of halogens is 1. The van der Waals surface area contributed by atoms with Crippen LogP contribution in [-0.4, -0.2) is 43.1 Å². The lowest BCUT2D eigenvalue weighted by atomic mass is 10.1. The normalized spacial score (nSPS) is 18.5. The van der Waals surface area contributed by atoms with Crippen molar-refractivity contribution < 1.29 is 9.18 Å². The van der Waals surface area contributed by atoms with Gasteiger partial charge >= 0.3 is 0 Å². The number of hydrogen-bond donors (Lipinski definition) is 1. The number of hydrogen-bond acceptors (Lipinski definition) is 3. The molecule has 2 unspecified atom stereocenters. The third-order valence-electron chi connectivity index (χ3n) is 6.41. The molecule has 6 nitrogen and oxygen atoms in total. The summed E-state index contributed by atoms with van der Waals surface area (Å²) in [4.78, 5) is 19.4. The van der Waals surface area contributed by atoms with Crippen LogP contribution < -0.4 is 0 Å². The zero-order valence-corrected chi connectivity index (χ0v) is 18.0. The zero-order chi connectivity index (χ0) is 22.1. The Kier molecular flexibility index (Phi) is 5.47. The number of nitrogens with one attached hydrogen (secondary N) is 1. The molecule has 7 heteroatoms. The van der Waals surface area contributed by atoms with Crippen LogP contribution in [0, 0.1) is 11.7 Å². The molecule has 0 radical (unpaired) electrons. The predicted molar refractivity (Wildman–Crippen MR) is 121 cm³/mol. The number of rotatable bonds is 6. The second-order valence-electron chi connectivity index (χ2n) is 8.71. The lowest BCUT2D eigenvalue weighted by molar-refractivity contribution is -0.131. The SMILES string of the molecule is CC1CC(Cn2cnc3cc(-c4cn[nH]c4)ccc32)CN1C(=O)CCc1cccc(F)c1. The van der Waals surface area contributed by atoms with Crippen molar-refractivity contribution in [3.05, 3.63) is 72.6 Å². The number of aryl methyl sites for hydroxylation is 1. The van der Waals surface area contributed by atoms with E-state index in [9.17, 15) is 9.18 Å². The molecule has 0 aliphatic carbocycles. The minimum atomic E-state index is -0.256. The standard InChI is InChI=1S/C25H26FN5O/c1-17-9-19(15-31(17)25(32)8-5-18-3-2-4-22(26)10-18)14-30-16-27-23-11-20(6-7-24(23)30)21-12-28-29-13-21/h2-4,6-7,10-13,16-17,19H,5,8-9,14-15H2,1H3,(H,28,29). The van der Waals surface area contributed by atoms with Crippen LogP contribution in [-0.2, 0) is 17.8 Å². The van der Waals surface area contributed by atoms with Crippen LogP contribution in [0.3, 0.4) is 0 Å². The number of aromatic amines is 1. The van der Waals surface area contributed by atoms with Crippen molar-refractivity contribution in [2.75, 3.05) is 6.54 Å². The van der Waals surface area contributed by atoms with Crippen LogP contribution in [0.15, 0.2) is 61.2 Å². The summed E-state index contributed by atoms with van der Waals surface area (Å²) in [6, 6.07) is 13.0. The number of likely N-dealkylation sites (tertiary alicyclic amines) is 1. The van der Waals surface area contributed by atoms with Crippen LogP contribution in [0.25, 0.3) is 22.2 Å². The zero-order valence-electron chi connectivity index (χ0n) is 18.0. The van der Waals surface area contributed by atoms with Gasteiger partial charge < -0.3 is 9.47 Å². The Morgan fingerprint density at radius 2 is 2.12 bits per heavy atom. The molecule has 5 rings (SSSR count). The van der Waals surface area contributed by atoms with E-state index in [2.05, 4.69) is 44.9 Å². The highest BCUT2D eigenvalue weighted by Crippen LogP contribution is 2.28. The van der Waals surface area contributed by atoms with E-state index in [1.54, 1.807) is 12.3 Å². The summed E-state index contributed by atoms with van der Waals surface area (Å²) in [6.45, 7) is 3.69. The molecule has 0 bridgehead atoms. The summed E-state index contributed by atoms with van der Waals surface area (Å²) in [5.74, 6) is 0.271. The highest BCUT2D eigenvalue weighted by Gasteiger charge is 2.32. The van der Waals surface area contributed by atoms with E-state index in [1.807, 2.05) is 23.5 Å². The van der Waals surface area contributed by atoms with Crippen LogP contribution >= 0.6 is 0 Å². The highest BCUT2D eigenvalue weighted by atomic mass is 19.1. The van der Waals surface area contributed by atoms with Crippen molar-refractivity contribution in [1.82, 2.24) is 24.6 Å². The molecule has 1 aliphatic rings. The maximum atomic E-state index is 13.4. The molecule has 1 N–H and O–H groups in total. The van der Waals surface area contributed by atoms with Crippen LogP contribution in [0.4, 0.5) is 4.39 Å². The fourth-order valence-corrected chi connectivity index (χ4v) is 4.79. The Bertz CT molecular complexity index is 1230. The van der Waals surface area contributed by atoms with Gasteiger partial charge in [0.2, 0.25) is 5.91 Å². The molecular formula is C25H26FN5O. The third kappa shape index (κ3) is 4.15. The van der Waals surface area contributed by atoms with E-state index in [0.29, 0.717) is 18.8 Å². The van der Waals surface area contributed by atoms with Crippen LogP contribution in [0.5, 0.6) is 0 Å². The van der Waals surface area contributed by atoms with Crippen molar-refractivity contribution in [2.45, 2.75) is 38.8 Å². The summed E-state index contributed by atoms with van der Waals surface area (Å²) in [5, 5.41) is 6.86. The largest absolute Gasteiger partial charge is 0.340 e. The Morgan fingerprint density at radius 1 is 1.22 bits per heavy atom. The quantitative estimate of drug-likeness (QED) is 0.491.